The number of nitrogens with zero attached hydrogens (tertiary/aromatic N) is 1. The first-order chi connectivity index (χ1) is 9.67. The lowest BCUT2D eigenvalue weighted by molar-refractivity contribution is -0.121. The van der Waals surface area contributed by atoms with E-state index >= 15 is 0 Å². The highest BCUT2D eigenvalue weighted by Crippen LogP contribution is 2.17. The van der Waals surface area contributed by atoms with Crippen LogP contribution in [0.3, 0.4) is 0 Å². The van der Waals surface area contributed by atoms with Crippen LogP contribution in [-0.4, -0.2) is 44.8 Å². The van der Waals surface area contributed by atoms with Crippen LogP contribution < -0.4 is 15.4 Å². The average Bonchev–Trinajstić information content (AvgIpc) is 2.45. The van der Waals surface area contributed by atoms with Gasteiger partial charge >= 0.3 is 0 Å². The number of rotatable bonds is 9. The maximum absolute atomic E-state index is 11.2. The van der Waals surface area contributed by atoms with Gasteiger partial charge in [0.1, 0.15) is 5.75 Å². The molecule has 0 aliphatic carbocycles. The van der Waals surface area contributed by atoms with Crippen molar-refractivity contribution in [3.05, 3.63) is 23.5 Å². The molecule has 1 heterocycles. The van der Waals surface area contributed by atoms with Crippen molar-refractivity contribution < 1.29 is 14.3 Å². The molecule has 0 fully saturated rings. The normalized spacial score (nSPS) is 10.3. The van der Waals surface area contributed by atoms with Gasteiger partial charge in [-0.2, -0.15) is 0 Å². The third-order valence-corrected chi connectivity index (χ3v) is 2.71. The van der Waals surface area contributed by atoms with E-state index in [4.69, 9.17) is 9.47 Å². The van der Waals surface area contributed by atoms with Crippen molar-refractivity contribution in [2.75, 3.05) is 33.9 Å². The van der Waals surface area contributed by atoms with Crippen molar-refractivity contribution in [1.82, 2.24) is 15.6 Å². The number of aryl methyl sites for hydroxylation is 1. The van der Waals surface area contributed by atoms with Crippen LogP contribution >= 0.6 is 0 Å². The molecule has 6 nitrogen and oxygen atoms in total. The van der Waals surface area contributed by atoms with Gasteiger partial charge in [-0.05, 0) is 19.1 Å². The highest BCUT2D eigenvalue weighted by atomic mass is 16.5. The Kier molecular flexibility index (Phi) is 7.60. The molecule has 0 spiro atoms. The van der Waals surface area contributed by atoms with Gasteiger partial charge in [0.2, 0.25) is 5.91 Å². The molecule has 0 aliphatic heterocycles. The summed E-state index contributed by atoms with van der Waals surface area (Å²) in [4.78, 5) is 15.6. The second-order valence-electron chi connectivity index (χ2n) is 4.34. The fraction of sp³-hybridized carbons (Fsp3) is 0.571. The van der Waals surface area contributed by atoms with Gasteiger partial charge in [0, 0.05) is 32.9 Å². The van der Waals surface area contributed by atoms with Gasteiger partial charge in [0.25, 0.3) is 0 Å². The van der Waals surface area contributed by atoms with Gasteiger partial charge in [-0.25, -0.2) is 0 Å². The Morgan fingerprint density at radius 2 is 2.15 bits per heavy atom. The van der Waals surface area contributed by atoms with Crippen molar-refractivity contribution >= 4 is 5.91 Å². The molecule has 1 rings (SSSR count). The SMILES string of the molecule is CNC(=O)CCOc1ccc(C)nc1CNCCOC. The summed E-state index contributed by atoms with van der Waals surface area (Å²) in [6.45, 7) is 4.30. The molecular formula is C14H23N3O3. The second kappa shape index (κ2) is 9.28. The quantitative estimate of drug-likeness (QED) is 0.650. The van der Waals surface area contributed by atoms with E-state index < -0.39 is 0 Å². The Labute approximate surface area is 119 Å². The van der Waals surface area contributed by atoms with Gasteiger partial charge in [-0.15, -0.1) is 0 Å². The smallest absolute Gasteiger partial charge is 0.223 e. The summed E-state index contributed by atoms with van der Waals surface area (Å²) < 4.78 is 10.6. The Balaban J connectivity index is 2.53. The molecule has 0 unspecified atom stereocenters. The zero-order chi connectivity index (χ0) is 14.8. The van der Waals surface area contributed by atoms with E-state index in [1.807, 2.05) is 19.1 Å². The first kappa shape index (κ1) is 16.4. The van der Waals surface area contributed by atoms with Crippen molar-refractivity contribution in [3.8, 4) is 5.75 Å². The van der Waals surface area contributed by atoms with Crippen molar-refractivity contribution in [2.45, 2.75) is 19.9 Å². The number of amides is 1. The Hall–Kier alpha value is -1.66. The van der Waals surface area contributed by atoms with Gasteiger partial charge in [0.05, 0.1) is 25.3 Å². The minimum atomic E-state index is -0.0372. The molecule has 0 aliphatic rings. The molecule has 0 atom stereocenters. The fourth-order valence-corrected chi connectivity index (χ4v) is 1.62. The van der Waals surface area contributed by atoms with Crippen LogP contribution in [0.25, 0.3) is 0 Å². The minimum absolute atomic E-state index is 0.0372. The number of methoxy groups -OCH3 is 1. The zero-order valence-electron chi connectivity index (χ0n) is 12.4. The van der Waals surface area contributed by atoms with E-state index in [2.05, 4.69) is 15.6 Å². The zero-order valence-corrected chi connectivity index (χ0v) is 12.4. The number of pyridine rings is 1. The van der Waals surface area contributed by atoms with E-state index in [1.54, 1.807) is 14.2 Å². The van der Waals surface area contributed by atoms with Crippen LogP contribution in [0.2, 0.25) is 0 Å². The monoisotopic (exact) mass is 281 g/mol. The molecule has 112 valence electrons. The predicted molar refractivity (Wildman–Crippen MR) is 76.7 cm³/mol. The summed E-state index contributed by atoms with van der Waals surface area (Å²) in [7, 11) is 3.28. The maximum Gasteiger partial charge on any atom is 0.223 e. The van der Waals surface area contributed by atoms with Crippen LogP contribution in [0.15, 0.2) is 12.1 Å². The number of nitrogens with one attached hydrogen (secondary N) is 2. The molecule has 0 saturated carbocycles. The van der Waals surface area contributed by atoms with E-state index in [1.165, 1.54) is 0 Å². The number of hydrogen-bond acceptors (Lipinski definition) is 5. The summed E-state index contributed by atoms with van der Waals surface area (Å²) in [5.74, 6) is 0.675. The number of carbonyl (C=O) groups excluding carboxylic acids is 1. The lowest BCUT2D eigenvalue weighted by Crippen LogP contribution is -2.21. The van der Waals surface area contributed by atoms with Gasteiger partial charge in [0.15, 0.2) is 0 Å². The van der Waals surface area contributed by atoms with E-state index in [0.717, 1.165) is 17.9 Å². The molecule has 6 heteroatoms. The standard InChI is InChI=1S/C14H23N3O3/c1-11-4-5-13(20-8-6-14(18)15-2)12(17-11)10-16-7-9-19-3/h4-5,16H,6-10H2,1-3H3,(H,15,18). The summed E-state index contributed by atoms with van der Waals surface area (Å²) in [5.41, 5.74) is 1.78. The molecular weight excluding hydrogens is 258 g/mol. The summed E-state index contributed by atoms with van der Waals surface area (Å²) in [5, 5.41) is 5.80. The molecule has 0 aromatic carbocycles. The molecule has 20 heavy (non-hydrogen) atoms. The maximum atomic E-state index is 11.2. The third kappa shape index (κ3) is 5.99. The molecule has 1 aromatic rings. The third-order valence-electron chi connectivity index (χ3n) is 2.71. The number of carbonyl (C=O) groups is 1. The second-order valence-corrected chi connectivity index (χ2v) is 4.34. The molecule has 1 amide bonds. The van der Waals surface area contributed by atoms with Crippen LogP contribution in [0.1, 0.15) is 17.8 Å². The van der Waals surface area contributed by atoms with Gasteiger partial charge in [-0.3, -0.25) is 9.78 Å². The lowest BCUT2D eigenvalue weighted by atomic mass is 10.2. The van der Waals surface area contributed by atoms with Gasteiger partial charge < -0.3 is 20.1 Å². The number of aromatic nitrogens is 1. The van der Waals surface area contributed by atoms with Crippen molar-refractivity contribution in [3.63, 3.8) is 0 Å². The first-order valence-corrected chi connectivity index (χ1v) is 6.67. The molecule has 2 N–H and O–H groups in total. The Morgan fingerprint density at radius 3 is 2.85 bits per heavy atom. The summed E-state index contributed by atoms with van der Waals surface area (Å²) in [6.07, 6.45) is 0.334. The highest BCUT2D eigenvalue weighted by Gasteiger charge is 2.07. The first-order valence-electron chi connectivity index (χ1n) is 6.67. The number of hydrogen-bond donors (Lipinski definition) is 2. The fourth-order valence-electron chi connectivity index (χ4n) is 1.62. The minimum Gasteiger partial charge on any atom is -0.491 e. The van der Waals surface area contributed by atoms with Crippen molar-refractivity contribution in [1.29, 1.82) is 0 Å². The molecule has 1 aromatic heterocycles. The largest absolute Gasteiger partial charge is 0.491 e. The van der Waals surface area contributed by atoms with Crippen LogP contribution in [0.5, 0.6) is 5.75 Å². The Morgan fingerprint density at radius 1 is 1.35 bits per heavy atom. The van der Waals surface area contributed by atoms with Crippen LogP contribution in [-0.2, 0) is 16.1 Å². The lowest BCUT2D eigenvalue weighted by Gasteiger charge is -2.12. The average molecular weight is 281 g/mol. The van der Waals surface area contributed by atoms with E-state index in [9.17, 15) is 4.79 Å². The summed E-state index contributed by atoms with van der Waals surface area (Å²) in [6, 6.07) is 3.79. The highest BCUT2D eigenvalue weighted by molar-refractivity contribution is 5.75. The van der Waals surface area contributed by atoms with E-state index in [-0.39, 0.29) is 5.91 Å². The van der Waals surface area contributed by atoms with Crippen molar-refractivity contribution in [2.24, 2.45) is 0 Å². The molecule has 0 bridgehead atoms. The number of ether oxygens (including phenoxy) is 2. The molecule has 0 radical (unpaired) electrons. The Bertz CT molecular complexity index is 424. The van der Waals surface area contributed by atoms with Gasteiger partial charge in [-0.1, -0.05) is 0 Å². The predicted octanol–water partition coefficient (Wildman–Crippen LogP) is 0.641. The summed E-state index contributed by atoms with van der Waals surface area (Å²) >= 11 is 0. The molecule has 0 saturated heterocycles. The van der Waals surface area contributed by atoms with Crippen LogP contribution in [0.4, 0.5) is 0 Å². The van der Waals surface area contributed by atoms with Crippen LogP contribution in [0, 0.1) is 6.92 Å². The topological polar surface area (TPSA) is 72.5 Å². The van der Waals surface area contributed by atoms with E-state index in [0.29, 0.717) is 31.9 Å².